The van der Waals surface area contributed by atoms with Crippen molar-refractivity contribution in [2.75, 3.05) is 64.7 Å². The minimum Gasteiger partial charge on any atom is -0.494 e. The molecule has 0 bridgehead atoms. The molecule has 9 heterocycles. The Morgan fingerprint density at radius 3 is 1.12 bits per heavy atom. The molecule has 0 unspecified atom stereocenters. The molecule has 25 nitrogen and oxygen atoms in total. The molecule has 19 rings (SSSR count). The van der Waals surface area contributed by atoms with Crippen molar-refractivity contribution in [1.82, 2.24) is 10.3 Å². The molecule has 0 radical (unpaired) electrons. The van der Waals surface area contributed by atoms with E-state index in [1.165, 1.54) is 7.11 Å². The number of amides is 5. The number of anilines is 4. The maximum absolute atomic E-state index is 14.0. The third-order valence-electron chi connectivity index (χ3n) is 23.6. The average Bonchev–Trinajstić information content (AvgIpc) is 1.62. The molecule has 0 fully saturated rings. The molecule has 132 heavy (non-hydrogen) atoms. The molecule has 0 saturated carbocycles. The van der Waals surface area contributed by atoms with Crippen molar-refractivity contribution in [1.29, 1.82) is 0 Å². The van der Waals surface area contributed by atoms with Crippen molar-refractivity contribution in [3.8, 4) is 46.0 Å². The molecule has 8 aliphatic heterocycles. The van der Waals surface area contributed by atoms with Crippen LogP contribution in [0.25, 0.3) is 0 Å². The van der Waals surface area contributed by atoms with E-state index in [-0.39, 0.29) is 99.3 Å². The van der Waals surface area contributed by atoms with Crippen molar-refractivity contribution in [3.63, 3.8) is 0 Å². The molecule has 29 heteroatoms. The summed E-state index contributed by atoms with van der Waals surface area (Å²) in [6.07, 6.45) is 14.8. The number of halogens is 2. The van der Waals surface area contributed by atoms with E-state index >= 15 is 0 Å². The summed E-state index contributed by atoms with van der Waals surface area (Å²) < 4.78 is 49.7. The summed E-state index contributed by atoms with van der Waals surface area (Å²) >= 11 is 9.53. The summed E-state index contributed by atoms with van der Waals surface area (Å²) in [6, 6.07) is 62.8. The molecule has 1 aromatic heterocycles. The predicted octanol–water partition coefficient (Wildman–Crippen LogP) is 20.7. The largest absolute Gasteiger partial charge is 0.494 e. The van der Waals surface area contributed by atoms with Crippen LogP contribution in [0.5, 0.6) is 46.0 Å². The first-order valence-electron chi connectivity index (χ1n) is 43.3. The van der Waals surface area contributed by atoms with Crippen LogP contribution >= 0.6 is 44.8 Å². The van der Waals surface area contributed by atoms with Gasteiger partial charge in [0.25, 0.3) is 23.6 Å². The molecule has 8 aliphatic rings. The number of nitrogens with one attached hydrogen (secondary N) is 1. The van der Waals surface area contributed by atoms with Gasteiger partial charge >= 0.3 is 5.97 Å². The van der Waals surface area contributed by atoms with Gasteiger partial charge in [0, 0.05) is 129 Å². The Kier molecular flexibility index (Phi) is 29.3. The number of nitrogens with zero attached hydrogens (tertiary/aromatic N) is 9. The number of carbonyl (C=O) groups is 6. The number of para-hydroxylation sites is 4. The van der Waals surface area contributed by atoms with Crippen LogP contribution in [0.15, 0.2) is 231 Å². The van der Waals surface area contributed by atoms with Gasteiger partial charge < -0.3 is 48.3 Å². The number of benzene rings is 10. The third kappa shape index (κ3) is 20.6. The van der Waals surface area contributed by atoms with Crippen molar-refractivity contribution >= 4 is 151 Å². The number of carbonyl (C=O) groups excluding carboxylic acids is 5. The van der Waals surface area contributed by atoms with Gasteiger partial charge in [-0.05, 0) is 203 Å². The van der Waals surface area contributed by atoms with Crippen LogP contribution in [0.4, 0.5) is 45.5 Å². The zero-order valence-corrected chi connectivity index (χ0v) is 75.6. The quantitative estimate of drug-likeness (QED) is 0.0232. The monoisotopic (exact) mass is 1850 g/mol. The first-order valence-corrected chi connectivity index (χ1v) is 46.7. The van der Waals surface area contributed by atoms with Gasteiger partial charge in [0.05, 0.1) is 102 Å². The Hall–Kier alpha value is -13.5. The number of rotatable bonds is 31. The summed E-state index contributed by atoms with van der Waals surface area (Å²) in [6.45, 7) is 5.83. The van der Waals surface area contributed by atoms with Crippen LogP contribution in [0.2, 0.25) is 0 Å². The van der Waals surface area contributed by atoms with Crippen LogP contribution in [0, 0.1) is 13.8 Å². The van der Waals surface area contributed by atoms with E-state index in [0.29, 0.717) is 162 Å². The van der Waals surface area contributed by atoms with E-state index in [4.69, 9.17) is 86.2 Å². The number of aryl methyl sites for hydroxylation is 2. The number of fused-ring (bicyclic) bond motifs is 16. The number of aromatic nitrogens is 1. The van der Waals surface area contributed by atoms with Gasteiger partial charge in [0.2, 0.25) is 5.91 Å². The molecule has 11 aromatic rings. The number of carboxylic acid groups (broad SMARTS) is 1. The van der Waals surface area contributed by atoms with Crippen LogP contribution in [0.1, 0.15) is 143 Å². The summed E-state index contributed by atoms with van der Waals surface area (Å²) in [4.78, 5) is 110. The number of alkyl halides is 2. The summed E-state index contributed by atoms with van der Waals surface area (Å²) in [5, 5.41) is 13.2. The number of unbranched alkanes of at least 4 members (excludes halogenated alkanes) is 2. The molecule has 0 spiro atoms. The Labute approximate surface area is 783 Å². The second-order valence-electron chi connectivity index (χ2n) is 32.4. The summed E-state index contributed by atoms with van der Waals surface area (Å²) in [5.74, 6) is 3.59. The lowest BCUT2D eigenvalue weighted by Crippen LogP contribution is -2.37. The van der Waals surface area contributed by atoms with Gasteiger partial charge in [-0.25, -0.2) is 4.98 Å². The minimum absolute atomic E-state index is 0. The first kappa shape index (κ1) is 91.8. The molecule has 2 N–H and O–H groups in total. The first-order chi connectivity index (χ1) is 63.9. The number of hydrogen-bond donors (Lipinski definition) is 2. The molecule has 10 aromatic carbocycles. The highest BCUT2D eigenvalue weighted by Gasteiger charge is 2.41. The molecule has 4 atom stereocenters. The normalized spacial score (nSPS) is 16.1. The number of aliphatic carboxylic acids is 1. The lowest BCUT2D eigenvalue weighted by Gasteiger charge is -2.22. The highest BCUT2D eigenvalue weighted by molar-refractivity contribution is 8.76. The zero-order valence-electron chi connectivity index (χ0n) is 72.4. The van der Waals surface area contributed by atoms with Gasteiger partial charge in [-0.2, -0.15) is 0 Å². The van der Waals surface area contributed by atoms with Crippen LogP contribution in [-0.2, 0) is 61.7 Å². The molecular weight excluding hydrogens is 1750 g/mol. The van der Waals surface area contributed by atoms with E-state index < -0.39 is 5.97 Å². The number of hydrogen-bond acceptors (Lipinski definition) is 21. The van der Waals surface area contributed by atoms with Gasteiger partial charge in [-0.3, -0.25) is 68.3 Å². The van der Waals surface area contributed by atoms with Gasteiger partial charge in [0.1, 0.15) is 54.5 Å². The maximum atomic E-state index is 14.0. The average molecular weight is 1850 g/mol. The van der Waals surface area contributed by atoms with Crippen LogP contribution in [-0.4, -0.2) is 140 Å². The zero-order chi connectivity index (χ0) is 90.6. The predicted molar refractivity (Wildman–Crippen MR) is 519 cm³/mol. The Morgan fingerprint density at radius 2 is 0.765 bits per heavy atom. The molecular formula is C103H98Cl2N10O15S2. The van der Waals surface area contributed by atoms with Gasteiger partial charge in [-0.1, -0.05) is 97.1 Å². The summed E-state index contributed by atoms with van der Waals surface area (Å²) in [7, 11) is 6.34. The number of aliphatic imine (C=N–C) groups is 4. The lowest BCUT2D eigenvalue weighted by molar-refractivity contribution is -0.137. The fraction of sp³-hybridized carbons (Fsp3) is 0.272. The fourth-order valence-electron chi connectivity index (χ4n) is 17.3. The van der Waals surface area contributed by atoms with Crippen molar-refractivity contribution in [2.45, 2.75) is 141 Å². The van der Waals surface area contributed by atoms with E-state index in [1.807, 2.05) is 217 Å². The number of carboxylic acids is 1. The van der Waals surface area contributed by atoms with Gasteiger partial charge in [0.15, 0.2) is 23.0 Å². The fourth-order valence-corrected chi connectivity index (χ4v) is 19.1. The van der Waals surface area contributed by atoms with Crippen molar-refractivity contribution in [3.05, 3.63) is 284 Å². The Bertz CT molecular complexity index is 6340. The second kappa shape index (κ2) is 42.2. The van der Waals surface area contributed by atoms with E-state index in [1.54, 1.807) is 64.1 Å². The minimum atomic E-state index is -0.841. The van der Waals surface area contributed by atoms with E-state index in [0.717, 1.165) is 95.6 Å². The van der Waals surface area contributed by atoms with Crippen LogP contribution in [0.3, 0.4) is 0 Å². The molecule has 0 saturated heterocycles. The standard InChI is InChI=1S/C54H50N6O7S2.C47H42N4O8.CH2Cl2.CH4/c1-34-21-42-44(57-30-39-25-37-11-3-5-13-46(37)59(39)53(42)62)28-48(34)66-32-35-22-36(24-41(23-35)65-19-10-8-15-51(61)55-18-20-68-69-52-16-7-9-17-56-52)33-67-50-29-45-43(27-49(50)64-2)54(63)60-40(31-58-45)26-38-12-4-6-14-47(38)60;1-28-15-36-38(48-24-33-19-31-9-3-5-11-40(31)50(33)46(36)54)22-42(28)58-26-29-16-30(18-35(17-29)57-14-8-7-13-45(52)53)27-59-44-23-39-37(21-43(44)56-2)47(55)51-34(25-49-39)20-32-10-4-6-12-41(32)51;2-1-3;/h3-7,9,11-14,16-17,21-24,27-31,39-40H,8,10,15,18-20,25-26,32-33H2,1-2H3,(H,55,61);3-6,9-12,15-18,21-25,33-34H,7-8,13-14,19-20,26-27H2,1-2H3,(H,52,53);1H2;1H4/t39-,40-;33-,34-;;/m00../s1. The maximum Gasteiger partial charge on any atom is 0.303 e. The topological polar surface area (TPSA) is 284 Å². The molecule has 0 aliphatic carbocycles. The molecule has 676 valence electrons. The van der Waals surface area contributed by atoms with Crippen molar-refractivity contribution < 1.29 is 71.8 Å². The van der Waals surface area contributed by atoms with Gasteiger partial charge in [-0.15, -0.1) is 23.2 Å². The van der Waals surface area contributed by atoms with E-state index in [2.05, 4.69) is 22.4 Å². The lowest BCUT2D eigenvalue weighted by atomic mass is 10.1. The molecule has 5 amide bonds. The number of pyridine rings is 1. The van der Waals surface area contributed by atoms with E-state index in [9.17, 15) is 28.8 Å². The highest BCUT2D eigenvalue weighted by atomic mass is 35.5. The van der Waals surface area contributed by atoms with Crippen molar-refractivity contribution in [2.24, 2.45) is 20.0 Å². The third-order valence-corrected chi connectivity index (χ3v) is 25.8. The number of methoxy groups -OCH3 is 2. The smallest absolute Gasteiger partial charge is 0.303 e. The SMILES string of the molecule is C.COc1cc2c(cc1OCc1cc(COc3cc4c(cc3C)C(=O)N3c5ccccc5C[C@H]3C=N4)cc(OCCCCC(=O)NCCSSc3ccccn3)c1)N=C[C@@H]1Cc3ccccc3N1C2=O.COc1cc2c(cc1OCc1cc(COc3cc4c(cc3C)C(=O)N3c5ccccc5C[C@H]3C=N4)cc(OCCCCC(=O)O)c1)N=C[C@@H]1Cc3ccccc3N1C2=O.ClCCl. The second-order valence-corrected chi connectivity index (χ2v) is 35.6. The van der Waals surface area contributed by atoms with Crippen LogP contribution < -0.4 is 62.8 Å². The summed E-state index contributed by atoms with van der Waals surface area (Å²) in [5.41, 5.74) is 17.0. The Morgan fingerprint density at radius 1 is 0.424 bits per heavy atom. The number of ether oxygens (including phenoxy) is 8. The highest BCUT2D eigenvalue weighted by Crippen LogP contribution is 2.47. The Balaban J connectivity index is 0.000000188.